The van der Waals surface area contributed by atoms with E-state index in [1.165, 1.54) is 18.2 Å². The molecule has 0 saturated carbocycles. The van der Waals surface area contributed by atoms with Crippen molar-refractivity contribution < 1.29 is 27.8 Å². The van der Waals surface area contributed by atoms with E-state index >= 15 is 0 Å². The highest BCUT2D eigenvalue weighted by atomic mass is 35.5. The molecule has 0 amide bonds. The number of halogens is 3. The number of carbonyl (C=O) groups is 2. The van der Waals surface area contributed by atoms with Gasteiger partial charge in [-0.15, -0.1) is 0 Å². The van der Waals surface area contributed by atoms with Gasteiger partial charge in [0.15, 0.2) is 0 Å². The zero-order valence-electron chi connectivity index (χ0n) is 16.6. The van der Waals surface area contributed by atoms with Crippen LogP contribution in [0.3, 0.4) is 0 Å². The Labute approximate surface area is 182 Å². The smallest absolute Gasteiger partial charge is 0.309 e. The van der Waals surface area contributed by atoms with Gasteiger partial charge >= 0.3 is 11.9 Å². The van der Waals surface area contributed by atoms with E-state index in [1.54, 1.807) is 24.3 Å². The normalized spacial score (nSPS) is 18.4. The molecule has 0 aliphatic carbocycles. The van der Waals surface area contributed by atoms with Crippen molar-refractivity contribution >= 4 is 29.2 Å². The van der Waals surface area contributed by atoms with Crippen LogP contribution in [0.15, 0.2) is 42.5 Å². The Morgan fingerprint density at radius 2 is 1.71 bits per heavy atom. The highest BCUT2D eigenvalue weighted by molar-refractivity contribution is 6.33. The van der Waals surface area contributed by atoms with Crippen molar-refractivity contribution in [2.45, 2.75) is 31.0 Å². The molecule has 2 N–H and O–H groups in total. The summed E-state index contributed by atoms with van der Waals surface area (Å²) in [7, 11) is 0. The number of carbonyl (C=O) groups excluding carboxylic acids is 2. The predicted octanol–water partition coefficient (Wildman–Crippen LogP) is 3.72. The molecule has 31 heavy (non-hydrogen) atoms. The second-order valence-electron chi connectivity index (χ2n) is 7.50. The molecule has 0 bridgehead atoms. The van der Waals surface area contributed by atoms with Crippen LogP contribution in [0, 0.1) is 0 Å². The van der Waals surface area contributed by atoms with Gasteiger partial charge in [-0.25, -0.2) is 0 Å². The van der Waals surface area contributed by atoms with Crippen LogP contribution < -0.4 is 10.6 Å². The van der Waals surface area contributed by atoms with E-state index in [0.29, 0.717) is 29.8 Å². The summed E-state index contributed by atoms with van der Waals surface area (Å²) >= 11 is 6.36. The third-order valence-corrected chi connectivity index (χ3v) is 5.67. The molecule has 164 valence electrons. The first-order chi connectivity index (χ1) is 14.8. The molecule has 1 saturated heterocycles. The van der Waals surface area contributed by atoms with E-state index in [0.717, 1.165) is 0 Å². The van der Waals surface area contributed by atoms with Crippen LogP contribution in [-0.4, -0.2) is 31.6 Å². The maximum absolute atomic E-state index is 14.7. The number of esters is 2. The van der Waals surface area contributed by atoms with Crippen LogP contribution in [-0.2, 0) is 37.2 Å². The molecule has 0 aromatic heterocycles. The first kappa shape index (κ1) is 21.5. The molecule has 1 spiro atoms. The van der Waals surface area contributed by atoms with Crippen LogP contribution >= 0.6 is 11.6 Å². The maximum Gasteiger partial charge on any atom is 0.309 e. The zero-order valence-corrected chi connectivity index (χ0v) is 17.3. The van der Waals surface area contributed by atoms with Gasteiger partial charge in [0.25, 0.3) is 11.7 Å². The Kier molecular flexibility index (Phi) is 5.85. The topological polar surface area (TPSA) is 76.7 Å². The summed E-state index contributed by atoms with van der Waals surface area (Å²) in [5, 5.41) is 6.11. The van der Waals surface area contributed by atoms with Crippen molar-refractivity contribution in [3.63, 3.8) is 0 Å². The maximum atomic E-state index is 14.7. The number of ether oxygens (including phenoxy) is 2. The number of fused-ring (bicyclic) bond motifs is 2. The lowest BCUT2D eigenvalue weighted by Crippen LogP contribution is -2.43. The van der Waals surface area contributed by atoms with Crippen molar-refractivity contribution in [3.05, 3.63) is 64.2 Å². The summed E-state index contributed by atoms with van der Waals surface area (Å²) in [5.74, 6) is -5.95. The van der Waals surface area contributed by atoms with E-state index in [1.807, 2.05) is 0 Å². The lowest BCUT2D eigenvalue weighted by Gasteiger charge is -2.32. The fourth-order valence-corrected chi connectivity index (χ4v) is 4.09. The molecule has 2 aliphatic heterocycles. The first-order valence-electron chi connectivity index (χ1n) is 9.94. The molecule has 2 aromatic carbocycles. The monoisotopic (exact) mass is 450 g/mol. The van der Waals surface area contributed by atoms with Crippen molar-refractivity contribution in [2.24, 2.45) is 0 Å². The molecule has 6 nitrogen and oxygen atoms in total. The Morgan fingerprint density at radius 3 is 2.39 bits per heavy atom. The van der Waals surface area contributed by atoms with E-state index in [4.69, 9.17) is 21.1 Å². The van der Waals surface area contributed by atoms with E-state index in [-0.39, 0.29) is 30.0 Å². The summed E-state index contributed by atoms with van der Waals surface area (Å²) < 4.78 is 40.6. The quantitative estimate of drug-likeness (QED) is 0.691. The first-order valence-corrected chi connectivity index (χ1v) is 10.3. The van der Waals surface area contributed by atoms with Gasteiger partial charge in [-0.2, -0.15) is 8.78 Å². The third kappa shape index (κ3) is 4.36. The van der Waals surface area contributed by atoms with E-state index < -0.39 is 30.2 Å². The van der Waals surface area contributed by atoms with Gasteiger partial charge in [0.05, 0.1) is 36.6 Å². The fraction of sp³-hybridized carbons (Fsp3) is 0.364. The molecule has 0 unspecified atom stereocenters. The van der Waals surface area contributed by atoms with Crippen LogP contribution in [0.25, 0.3) is 0 Å². The molecule has 2 heterocycles. The van der Waals surface area contributed by atoms with Gasteiger partial charge in [0.2, 0.25) is 0 Å². The van der Waals surface area contributed by atoms with Gasteiger partial charge in [-0.3, -0.25) is 9.59 Å². The summed E-state index contributed by atoms with van der Waals surface area (Å²) in [6.45, 7) is -0.181. The number of anilines is 1. The molecular weight excluding hydrogens is 430 g/mol. The molecular formula is C22H21ClF2N2O4. The number of alkyl halides is 2. The number of hydrogen-bond acceptors (Lipinski definition) is 6. The van der Waals surface area contributed by atoms with Crippen molar-refractivity contribution in [1.29, 1.82) is 0 Å². The Hall–Kier alpha value is -2.71. The van der Waals surface area contributed by atoms with Gasteiger partial charge < -0.3 is 20.1 Å². The second-order valence-corrected chi connectivity index (χ2v) is 7.91. The Balaban J connectivity index is 1.71. The summed E-state index contributed by atoms with van der Waals surface area (Å²) in [6.07, 6.45) is 0.238. The van der Waals surface area contributed by atoms with Crippen molar-refractivity contribution in [1.82, 2.24) is 5.32 Å². The molecule has 2 aromatic rings. The minimum absolute atomic E-state index is 0.0543. The van der Waals surface area contributed by atoms with Gasteiger partial charge in [0, 0.05) is 11.1 Å². The fourth-order valence-electron chi connectivity index (χ4n) is 3.85. The molecule has 1 fully saturated rings. The molecule has 4 rings (SSSR count). The molecule has 2 aliphatic rings. The van der Waals surface area contributed by atoms with Gasteiger partial charge in [-0.1, -0.05) is 41.9 Å². The number of nitrogens with one attached hydrogen (secondary N) is 2. The number of hydrogen-bond donors (Lipinski definition) is 2. The largest absolute Gasteiger partial charge is 0.416 e. The zero-order chi connectivity index (χ0) is 22.1. The second kappa shape index (κ2) is 8.43. The Bertz CT molecular complexity index is 983. The van der Waals surface area contributed by atoms with Gasteiger partial charge in [0.1, 0.15) is 0 Å². The van der Waals surface area contributed by atoms with Crippen LogP contribution in [0.1, 0.15) is 29.5 Å². The lowest BCUT2D eigenvalue weighted by molar-refractivity contribution is -0.225. The highest BCUT2D eigenvalue weighted by Crippen LogP contribution is 2.41. The van der Waals surface area contributed by atoms with Crippen molar-refractivity contribution in [3.8, 4) is 0 Å². The number of benzene rings is 2. The molecule has 0 radical (unpaired) electrons. The SMILES string of the molecule is O=C1CCC(=O)OC2(CNCCc3c2ccc(Cl)c3NCC(F)(F)c2ccccc2)O1. The Morgan fingerprint density at radius 1 is 1.03 bits per heavy atom. The summed E-state index contributed by atoms with van der Waals surface area (Å²) in [5.41, 5.74) is 1.15. The average molecular weight is 451 g/mol. The van der Waals surface area contributed by atoms with Crippen LogP contribution in [0.4, 0.5) is 14.5 Å². The van der Waals surface area contributed by atoms with E-state index in [9.17, 15) is 18.4 Å². The minimum Gasteiger partial charge on any atom is -0.416 e. The van der Waals surface area contributed by atoms with Crippen LogP contribution in [0.2, 0.25) is 5.02 Å². The highest BCUT2D eigenvalue weighted by Gasteiger charge is 2.46. The van der Waals surface area contributed by atoms with E-state index in [2.05, 4.69) is 10.6 Å². The lowest BCUT2D eigenvalue weighted by atomic mass is 9.96. The molecule has 0 atom stereocenters. The average Bonchev–Trinajstić information content (AvgIpc) is 3.01. The molecule has 9 heteroatoms. The standard InChI is InChI=1S/C22H21ClF2N2O4/c23-17-7-6-16-15(20(17)27-12-21(24,25)14-4-2-1-3-5-14)10-11-26-13-22(16)30-18(28)8-9-19(29)31-22/h1-7,26-27H,8-13H2. The summed E-state index contributed by atoms with van der Waals surface area (Å²) in [6, 6.07) is 10.6. The van der Waals surface area contributed by atoms with Crippen LogP contribution in [0.5, 0.6) is 0 Å². The number of rotatable bonds is 4. The third-order valence-electron chi connectivity index (χ3n) is 5.36. The minimum atomic E-state index is -3.14. The van der Waals surface area contributed by atoms with Crippen molar-refractivity contribution in [2.75, 3.05) is 25.0 Å². The summed E-state index contributed by atoms with van der Waals surface area (Å²) in [4.78, 5) is 24.3. The predicted molar refractivity (Wildman–Crippen MR) is 110 cm³/mol. The van der Waals surface area contributed by atoms with Gasteiger partial charge in [-0.05, 0) is 30.7 Å².